The molecule has 3 aromatic rings. The molecule has 2 aromatic heterocycles. The van der Waals surface area contributed by atoms with Crippen LogP contribution in [0.15, 0.2) is 51.0 Å². The van der Waals surface area contributed by atoms with Crippen molar-refractivity contribution in [3.05, 3.63) is 63.5 Å². The van der Waals surface area contributed by atoms with E-state index in [2.05, 4.69) is 5.10 Å². The molecular formula is C20H19F3N4O3S. The fourth-order valence-electron chi connectivity index (χ4n) is 3.39. The van der Waals surface area contributed by atoms with Crippen LogP contribution in [-0.4, -0.2) is 51.7 Å². The second-order valence-electron chi connectivity index (χ2n) is 7.16. The van der Waals surface area contributed by atoms with Gasteiger partial charge >= 0.3 is 11.9 Å². The molecule has 0 saturated carbocycles. The number of piperazine rings is 1. The number of carbonyl (C=O) groups is 1. The van der Waals surface area contributed by atoms with Gasteiger partial charge in [-0.3, -0.25) is 9.69 Å². The first-order valence-corrected chi connectivity index (χ1v) is 10.5. The number of thiophene rings is 1. The van der Waals surface area contributed by atoms with E-state index in [4.69, 9.17) is 4.42 Å². The highest BCUT2D eigenvalue weighted by Crippen LogP contribution is 2.29. The maximum Gasteiger partial charge on any atom is 0.437 e. The van der Waals surface area contributed by atoms with E-state index < -0.39 is 17.5 Å². The van der Waals surface area contributed by atoms with Gasteiger partial charge in [0.15, 0.2) is 0 Å². The molecule has 0 radical (unpaired) electrons. The van der Waals surface area contributed by atoms with Crippen molar-refractivity contribution in [2.24, 2.45) is 0 Å². The third-order valence-corrected chi connectivity index (χ3v) is 5.87. The molecule has 1 fully saturated rings. The molecule has 0 unspecified atom stereocenters. The lowest BCUT2D eigenvalue weighted by Gasteiger charge is -2.34. The summed E-state index contributed by atoms with van der Waals surface area (Å²) in [5, 5.41) is 5.92. The molecule has 0 spiro atoms. The van der Waals surface area contributed by atoms with Crippen LogP contribution < -0.4 is 5.76 Å². The Labute approximate surface area is 179 Å². The summed E-state index contributed by atoms with van der Waals surface area (Å²) >= 11 is 1.38. The lowest BCUT2D eigenvalue weighted by Crippen LogP contribution is -2.49. The Kier molecular flexibility index (Phi) is 5.96. The van der Waals surface area contributed by atoms with Crippen molar-refractivity contribution in [3.8, 4) is 10.8 Å². The Hall–Kier alpha value is -2.92. The predicted octanol–water partition coefficient (Wildman–Crippen LogP) is 2.93. The maximum absolute atomic E-state index is 12.9. The van der Waals surface area contributed by atoms with Crippen molar-refractivity contribution < 1.29 is 22.4 Å². The van der Waals surface area contributed by atoms with Crippen LogP contribution in [0.25, 0.3) is 10.8 Å². The first-order valence-electron chi connectivity index (χ1n) is 9.58. The standard InChI is InChI=1S/C20H19F3N4O3S/c21-20(22,23)15-4-1-3-14(11-15)12-25-6-8-26(9-7-25)17(28)13-27-19(29)30-18(24-27)16-5-2-10-31-16/h1-5,10-11H,6-9,12-13H2. The quantitative estimate of drug-likeness (QED) is 0.595. The van der Waals surface area contributed by atoms with Gasteiger partial charge in [0, 0.05) is 32.7 Å². The molecular weight excluding hydrogens is 433 g/mol. The van der Waals surface area contributed by atoms with Gasteiger partial charge in [-0.15, -0.1) is 16.4 Å². The Morgan fingerprint density at radius 3 is 2.58 bits per heavy atom. The number of halogens is 3. The van der Waals surface area contributed by atoms with Crippen molar-refractivity contribution in [2.75, 3.05) is 26.2 Å². The molecule has 0 bridgehead atoms. The summed E-state index contributed by atoms with van der Waals surface area (Å²) in [6.45, 7) is 2.04. The normalized spacial score (nSPS) is 15.4. The zero-order valence-corrected chi connectivity index (χ0v) is 17.2. The van der Waals surface area contributed by atoms with Crippen molar-refractivity contribution in [1.29, 1.82) is 0 Å². The molecule has 1 aliphatic heterocycles. The summed E-state index contributed by atoms with van der Waals surface area (Å²) in [6.07, 6.45) is -4.37. The minimum Gasteiger partial charge on any atom is -0.387 e. The van der Waals surface area contributed by atoms with E-state index in [-0.39, 0.29) is 18.3 Å². The number of benzene rings is 1. The van der Waals surface area contributed by atoms with Crippen LogP contribution >= 0.6 is 11.3 Å². The number of rotatable bonds is 5. The van der Waals surface area contributed by atoms with Crippen LogP contribution in [-0.2, 0) is 24.1 Å². The van der Waals surface area contributed by atoms with Gasteiger partial charge in [0.2, 0.25) is 5.91 Å². The lowest BCUT2D eigenvalue weighted by atomic mass is 10.1. The average Bonchev–Trinajstić information content (AvgIpc) is 3.38. The SMILES string of the molecule is O=C(Cn1nc(-c2cccs2)oc1=O)N1CCN(Cc2cccc(C(F)(F)F)c2)CC1. The summed E-state index contributed by atoms with van der Waals surface area (Å²) in [7, 11) is 0. The number of aromatic nitrogens is 2. The third kappa shape index (κ3) is 5.05. The number of hydrogen-bond acceptors (Lipinski definition) is 6. The Balaban J connectivity index is 1.32. The monoisotopic (exact) mass is 452 g/mol. The van der Waals surface area contributed by atoms with E-state index in [1.807, 2.05) is 16.3 Å². The van der Waals surface area contributed by atoms with Gasteiger partial charge in [-0.05, 0) is 23.1 Å². The molecule has 4 rings (SSSR count). The van der Waals surface area contributed by atoms with Crippen molar-refractivity contribution >= 4 is 17.2 Å². The second-order valence-corrected chi connectivity index (χ2v) is 8.11. The molecule has 7 nitrogen and oxygen atoms in total. The van der Waals surface area contributed by atoms with E-state index in [1.54, 1.807) is 17.0 Å². The largest absolute Gasteiger partial charge is 0.437 e. The maximum atomic E-state index is 12.9. The van der Waals surface area contributed by atoms with Gasteiger partial charge in [0.1, 0.15) is 6.54 Å². The number of carbonyl (C=O) groups excluding carboxylic acids is 1. The molecule has 31 heavy (non-hydrogen) atoms. The molecule has 0 N–H and O–H groups in total. The smallest absolute Gasteiger partial charge is 0.387 e. The molecule has 3 heterocycles. The summed E-state index contributed by atoms with van der Waals surface area (Å²) in [6, 6.07) is 8.84. The Bertz CT molecular complexity index is 1100. The van der Waals surface area contributed by atoms with Gasteiger partial charge in [-0.2, -0.15) is 17.9 Å². The molecule has 1 aromatic carbocycles. The fourth-order valence-corrected chi connectivity index (χ4v) is 4.04. The summed E-state index contributed by atoms with van der Waals surface area (Å²) < 4.78 is 44.8. The minimum atomic E-state index is -4.37. The summed E-state index contributed by atoms with van der Waals surface area (Å²) in [5.74, 6) is -0.773. The van der Waals surface area contributed by atoms with E-state index >= 15 is 0 Å². The highest BCUT2D eigenvalue weighted by molar-refractivity contribution is 7.13. The Morgan fingerprint density at radius 1 is 1.13 bits per heavy atom. The zero-order valence-electron chi connectivity index (χ0n) is 16.3. The topological polar surface area (TPSA) is 71.6 Å². The second kappa shape index (κ2) is 8.67. The lowest BCUT2D eigenvalue weighted by molar-refractivity contribution is -0.138. The van der Waals surface area contributed by atoms with Crippen LogP contribution in [0.5, 0.6) is 0 Å². The van der Waals surface area contributed by atoms with Crippen molar-refractivity contribution in [3.63, 3.8) is 0 Å². The number of hydrogen-bond donors (Lipinski definition) is 0. The zero-order chi connectivity index (χ0) is 22.0. The van der Waals surface area contributed by atoms with Crippen molar-refractivity contribution in [2.45, 2.75) is 19.3 Å². The number of alkyl halides is 3. The summed E-state index contributed by atoms with van der Waals surface area (Å²) in [4.78, 5) is 28.9. The number of nitrogens with zero attached hydrogens (tertiary/aromatic N) is 4. The summed E-state index contributed by atoms with van der Waals surface area (Å²) in [5.41, 5.74) is -0.0938. The molecule has 0 atom stereocenters. The molecule has 164 valence electrons. The average molecular weight is 452 g/mol. The van der Waals surface area contributed by atoms with Crippen LogP contribution in [0.1, 0.15) is 11.1 Å². The first kappa shape index (κ1) is 21.3. The van der Waals surface area contributed by atoms with Crippen LogP contribution in [0.3, 0.4) is 0 Å². The molecule has 0 aliphatic carbocycles. The van der Waals surface area contributed by atoms with E-state index in [0.29, 0.717) is 43.2 Å². The van der Waals surface area contributed by atoms with Gasteiger partial charge in [0.05, 0.1) is 10.4 Å². The van der Waals surface area contributed by atoms with E-state index in [0.717, 1.165) is 16.8 Å². The van der Waals surface area contributed by atoms with Gasteiger partial charge in [-0.25, -0.2) is 4.79 Å². The molecule has 11 heteroatoms. The third-order valence-electron chi connectivity index (χ3n) is 5.01. The Morgan fingerprint density at radius 2 is 1.90 bits per heavy atom. The fraction of sp³-hybridized carbons (Fsp3) is 0.350. The van der Waals surface area contributed by atoms with Crippen LogP contribution in [0, 0.1) is 0 Å². The molecule has 1 amide bonds. The first-order chi connectivity index (χ1) is 14.8. The van der Waals surface area contributed by atoms with Gasteiger partial charge < -0.3 is 9.32 Å². The molecule has 1 aliphatic rings. The van der Waals surface area contributed by atoms with Crippen molar-refractivity contribution in [1.82, 2.24) is 19.6 Å². The van der Waals surface area contributed by atoms with Gasteiger partial charge in [0.25, 0.3) is 5.89 Å². The highest BCUT2D eigenvalue weighted by Gasteiger charge is 2.30. The molecule has 1 saturated heterocycles. The highest BCUT2D eigenvalue weighted by atomic mass is 32.1. The minimum absolute atomic E-state index is 0.179. The number of amides is 1. The van der Waals surface area contributed by atoms with E-state index in [1.165, 1.54) is 17.4 Å². The van der Waals surface area contributed by atoms with E-state index in [9.17, 15) is 22.8 Å². The predicted molar refractivity (Wildman–Crippen MR) is 107 cm³/mol. The van der Waals surface area contributed by atoms with Crippen LogP contribution in [0.2, 0.25) is 0 Å². The van der Waals surface area contributed by atoms with Crippen LogP contribution in [0.4, 0.5) is 13.2 Å². The van der Waals surface area contributed by atoms with Gasteiger partial charge in [-0.1, -0.05) is 24.3 Å².